The van der Waals surface area contributed by atoms with Crippen molar-refractivity contribution >= 4 is 10.0 Å². The number of hydrogen-bond acceptors (Lipinski definition) is 4. The predicted octanol–water partition coefficient (Wildman–Crippen LogP) is 1.17. The van der Waals surface area contributed by atoms with Crippen LogP contribution in [0.15, 0.2) is 24.3 Å². The number of hydrogen-bond donors (Lipinski definition) is 1. The van der Waals surface area contributed by atoms with Crippen LogP contribution in [-0.4, -0.2) is 62.2 Å². The van der Waals surface area contributed by atoms with Crippen molar-refractivity contribution in [2.75, 3.05) is 39.5 Å². The van der Waals surface area contributed by atoms with Crippen LogP contribution in [0.3, 0.4) is 0 Å². The molecule has 1 fully saturated rings. The van der Waals surface area contributed by atoms with Gasteiger partial charge in [-0.3, -0.25) is 4.90 Å². The number of benzene rings is 1. The molecule has 1 N–H and O–H groups in total. The lowest BCUT2D eigenvalue weighted by molar-refractivity contribution is 0.0456. The maximum absolute atomic E-state index is 11.8. The third-order valence-electron chi connectivity index (χ3n) is 4.41. The Morgan fingerprint density at radius 1 is 1.32 bits per heavy atom. The van der Waals surface area contributed by atoms with Gasteiger partial charge >= 0.3 is 0 Å². The van der Waals surface area contributed by atoms with E-state index in [1.54, 1.807) is 14.1 Å². The maximum atomic E-state index is 11.8. The molecule has 1 aliphatic heterocycles. The summed E-state index contributed by atoms with van der Waals surface area (Å²) in [6.07, 6.45) is 1.28. The van der Waals surface area contributed by atoms with Crippen molar-refractivity contribution in [3.63, 3.8) is 0 Å². The maximum Gasteiger partial charge on any atom is 0.213 e. The summed E-state index contributed by atoms with van der Waals surface area (Å²) in [4.78, 5) is 2.15. The molecule has 0 aliphatic carbocycles. The van der Waals surface area contributed by atoms with Gasteiger partial charge in [0.05, 0.1) is 5.75 Å². The molecule has 1 aliphatic rings. The van der Waals surface area contributed by atoms with E-state index in [9.17, 15) is 13.5 Å². The Morgan fingerprint density at radius 3 is 2.64 bits per heavy atom. The van der Waals surface area contributed by atoms with E-state index in [-0.39, 0.29) is 5.75 Å². The zero-order valence-corrected chi connectivity index (χ0v) is 14.4. The van der Waals surface area contributed by atoms with Crippen LogP contribution in [0.5, 0.6) is 0 Å². The van der Waals surface area contributed by atoms with Crippen LogP contribution in [0.2, 0.25) is 0 Å². The zero-order valence-electron chi connectivity index (χ0n) is 13.6. The first-order valence-corrected chi connectivity index (χ1v) is 9.26. The van der Waals surface area contributed by atoms with Gasteiger partial charge in [-0.2, -0.15) is 0 Å². The fourth-order valence-electron chi connectivity index (χ4n) is 3.03. The minimum absolute atomic E-state index is 0.152. The van der Waals surface area contributed by atoms with Gasteiger partial charge in [-0.25, -0.2) is 12.7 Å². The molecular formula is C16H26N2O3S. The Morgan fingerprint density at radius 2 is 2.00 bits per heavy atom. The second-order valence-electron chi connectivity index (χ2n) is 6.32. The quantitative estimate of drug-likeness (QED) is 0.852. The van der Waals surface area contributed by atoms with Crippen LogP contribution >= 0.6 is 0 Å². The third kappa shape index (κ3) is 3.87. The molecule has 0 unspecified atom stereocenters. The zero-order chi connectivity index (χ0) is 16.4. The summed E-state index contributed by atoms with van der Waals surface area (Å²) >= 11 is 0. The van der Waals surface area contributed by atoms with E-state index in [0.717, 1.165) is 17.7 Å². The lowest BCUT2D eigenvalue weighted by Crippen LogP contribution is -2.33. The molecule has 2 rings (SSSR count). The third-order valence-corrected chi connectivity index (χ3v) is 6.32. The van der Waals surface area contributed by atoms with Crippen LogP contribution < -0.4 is 0 Å². The second kappa shape index (κ2) is 6.66. The van der Waals surface area contributed by atoms with Gasteiger partial charge in [-0.1, -0.05) is 24.3 Å². The second-order valence-corrected chi connectivity index (χ2v) is 8.63. The van der Waals surface area contributed by atoms with Crippen LogP contribution in [0.25, 0.3) is 0 Å². The molecule has 0 amide bonds. The van der Waals surface area contributed by atoms with Crippen molar-refractivity contribution in [2.45, 2.75) is 25.4 Å². The monoisotopic (exact) mass is 326 g/mol. The van der Waals surface area contributed by atoms with Crippen LogP contribution in [0.1, 0.15) is 24.0 Å². The molecule has 0 aromatic heterocycles. The van der Waals surface area contributed by atoms with E-state index < -0.39 is 15.6 Å². The average Bonchev–Trinajstić information content (AvgIpc) is 2.81. The van der Waals surface area contributed by atoms with Gasteiger partial charge in [0.2, 0.25) is 10.0 Å². The van der Waals surface area contributed by atoms with E-state index in [0.29, 0.717) is 25.9 Å². The normalized spacial score (nSPS) is 23.3. The predicted molar refractivity (Wildman–Crippen MR) is 88.2 cm³/mol. The standard InChI is InChI=1S/C16H26N2O3S/c1-14-7-4-5-8-15(14)16(19)9-11-18(13-16)10-6-12-22(20,21)17(2)3/h4-5,7-8,19H,6,9-13H2,1-3H3/t16-/m1/s1. The molecule has 1 atom stereocenters. The molecule has 1 aromatic rings. The Labute approximate surface area is 133 Å². The molecule has 5 nitrogen and oxygen atoms in total. The molecule has 1 heterocycles. The van der Waals surface area contributed by atoms with E-state index in [2.05, 4.69) is 4.90 Å². The highest BCUT2D eigenvalue weighted by molar-refractivity contribution is 7.89. The van der Waals surface area contributed by atoms with Crippen LogP contribution in [0, 0.1) is 6.92 Å². The van der Waals surface area contributed by atoms with Gasteiger partial charge in [0.1, 0.15) is 5.60 Å². The van der Waals surface area contributed by atoms with Crippen LogP contribution in [-0.2, 0) is 15.6 Å². The van der Waals surface area contributed by atoms with Crippen molar-refractivity contribution < 1.29 is 13.5 Å². The molecule has 0 radical (unpaired) electrons. The molecule has 0 spiro atoms. The molecule has 124 valence electrons. The van der Waals surface area contributed by atoms with E-state index >= 15 is 0 Å². The Bertz CT molecular complexity index is 616. The first-order chi connectivity index (χ1) is 10.2. The van der Waals surface area contributed by atoms with Gasteiger partial charge in [0.15, 0.2) is 0 Å². The summed E-state index contributed by atoms with van der Waals surface area (Å²) < 4.78 is 24.8. The summed E-state index contributed by atoms with van der Waals surface area (Å²) in [6, 6.07) is 7.92. The largest absolute Gasteiger partial charge is 0.384 e. The molecule has 1 aromatic carbocycles. The summed E-state index contributed by atoms with van der Waals surface area (Å²) in [5.74, 6) is 0.152. The van der Waals surface area contributed by atoms with E-state index in [4.69, 9.17) is 0 Å². The van der Waals surface area contributed by atoms with Crippen molar-refractivity contribution in [3.05, 3.63) is 35.4 Å². The van der Waals surface area contributed by atoms with Crippen molar-refractivity contribution in [1.29, 1.82) is 0 Å². The van der Waals surface area contributed by atoms with Gasteiger partial charge in [0, 0.05) is 27.2 Å². The SMILES string of the molecule is Cc1ccccc1[C@@]1(O)CCN(CCCS(=O)(=O)N(C)C)C1. The number of aryl methyl sites for hydroxylation is 1. The Hall–Kier alpha value is -0.950. The fraction of sp³-hybridized carbons (Fsp3) is 0.625. The van der Waals surface area contributed by atoms with Crippen LogP contribution in [0.4, 0.5) is 0 Å². The minimum atomic E-state index is -3.13. The smallest absolute Gasteiger partial charge is 0.213 e. The highest BCUT2D eigenvalue weighted by Crippen LogP contribution is 2.33. The summed E-state index contributed by atoms with van der Waals surface area (Å²) in [7, 11) is -0.0181. The molecule has 0 saturated carbocycles. The first kappa shape index (κ1) is 17.4. The van der Waals surface area contributed by atoms with Crippen molar-refractivity contribution in [3.8, 4) is 0 Å². The van der Waals surface area contributed by atoms with Gasteiger partial charge in [-0.05, 0) is 37.4 Å². The lowest BCUT2D eigenvalue weighted by atomic mass is 9.89. The van der Waals surface area contributed by atoms with Gasteiger partial charge in [0.25, 0.3) is 0 Å². The van der Waals surface area contributed by atoms with Gasteiger partial charge in [-0.15, -0.1) is 0 Å². The number of aliphatic hydroxyl groups is 1. The summed E-state index contributed by atoms with van der Waals surface area (Å²) in [5, 5.41) is 10.9. The Kier molecular flexibility index (Phi) is 5.27. The first-order valence-electron chi connectivity index (χ1n) is 7.66. The highest BCUT2D eigenvalue weighted by atomic mass is 32.2. The number of likely N-dealkylation sites (tertiary alicyclic amines) is 1. The molecule has 0 bridgehead atoms. The minimum Gasteiger partial charge on any atom is -0.384 e. The molecule has 1 saturated heterocycles. The molecular weight excluding hydrogens is 300 g/mol. The lowest BCUT2D eigenvalue weighted by Gasteiger charge is -2.25. The number of sulfonamides is 1. The average molecular weight is 326 g/mol. The highest BCUT2D eigenvalue weighted by Gasteiger charge is 2.38. The van der Waals surface area contributed by atoms with E-state index in [1.807, 2.05) is 31.2 Å². The number of nitrogens with zero attached hydrogens (tertiary/aromatic N) is 2. The van der Waals surface area contributed by atoms with Crippen molar-refractivity contribution in [2.24, 2.45) is 0 Å². The number of rotatable bonds is 6. The molecule has 22 heavy (non-hydrogen) atoms. The fourth-order valence-corrected chi connectivity index (χ4v) is 3.89. The van der Waals surface area contributed by atoms with Crippen molar-refractivity contribution in [1.82, 2.24) is 9.21 Å². The summed E-state index contributed by atoms with van der Waals surface area (Å²) in [6.45, 7) is 4.08. The topological polar surface area (TPSA) is 60.9 Å². The Balaban J connectivity index is 1.92. The number of β-amino-alcohol motifs (C(OH)–C–C–N with tert-alkyl or cyclic N) is 1. The summed E-state index contributed by atoms with van der Waals surface area (Å²) in [5.41, 5.74) is 1.27. The van der Waals surface area contributed by atoms with E-state index in [1.165, 1.54) is 4.31 Å². The van der Waals surface area contributed by atoms with Gasteiger partial charge < -0.3 is 5.11 Å². The molecule has 6 heteroatoms.